The molecule has 1 aromatic heterocycles. The first-order valence-electron chi connectivity index (χ1n) is 12.3. The fraction of sp³-hybridized carbons (Fsp3) is 0.207. The molecule has 0 saturated carbocycles. The van der Waals surface area contributed by atoms with Gasteiger partial charge in [-0.2, -0.15) is 4.98 Å². The van der Waals surface area contributed by atoms with Crippen molar-refractivity contribution in [1.82, 2.24) is 14.8 Å². The molecule has 0 fully saturated rings. The van der Waals surface area contributed by atoms with E-state index in [4.69, 9.17) is 19.6 Å². The molecule has 5 rings (SSSR count). The number of nitrogens with one attached hydrogen (secondary N) is 1. The van der Waals surface area contributed by atoms with Crippen LogP contribution in [0.3, 0.4) is 0 Å². The molecule has 1 N–H and O–H groups in total. The lowest BCUT2D eigenvalue weighted by molar-refractivity contribution is -0.139. The Hall–Kier alpha value is -3.56. The number of nitrogens with zero attached hydrogens (tertiary/aromatic N) is 3. The van der Waals surface area contributed by atoms with Gasteiger partial charge in [-0.1, -0.05) is 82.3 Å². The number of esters is 1. The average Bonchev–Trinajstić information content (AvgIpc) is 3.33. The van der Waals surface area contributed by atoms with Crippen molar-refractivity contribution in [2.75, 3.05) is 11.9 Å². The zero-order valence-corrected chi connectivity index (χ0v) is 23.5. The summed E-state index contributed by atoms with van der Waals surface area (Å²) >= 11 is 5.05. The Morgan fingerprint density at radius 1 is 1.05 bits per heavy atom. The second kappa shape index (κ2) is 11.9. The van der Waals surface area contributed by atoms with E-state index in [-0.39, 0.29) is 12.6 Å². The van der Waals surface area contributed by atoms with Gasteiger partial charge in [-0.25, -0.2) is 9.48 Å². The van der Waals surface area contributed by atoms with Crippen molar-refractivity contribution in [2.24, 2.45) is 0 Å². The molecule has 0 saturated heterocycles. The Kier molecular flexibility index (Phi) is 8.14. The molecule has 2 heterocycles. The van der Waals surface area contributed by atoms with Crippen molar-refractivity contribution in [1.29, 1.82) is 0 Å². The van der Waals surface area contributed by atoms with Crippen molar-refractivity contribution in [3.05, 3.63) is 111 Å². The van der Waals surface area contributed by atoms with Crippen LogP contribution in [0.1, 0.15) is 36.6 Å². The van der Waals surface area contributed by atoms with Gasteiger partial charge in [0.25, 0.3) is 0 Å². The van der Waals surface area contributed by atoms with Crippen LogP contribution in [0.15, 0.2) is 99.8 Å². The van der Waals surface area contributed by atoms with E-state index in [1.165, 1.54) is 5.56 Å². The molecule has 1 aliphatic heterocycles. The summed E-state index contributed by atoms with van der Waals surface area (Å²) in [5.41, 5.74) is 4.34. The smallest absolute Gasteiger partial charge is 0.338 e. The molecule has 194 valence electrons. The maximum absolute atomic E-state index is 13.1. The summed E-state index contributed by atoms with van der Waals surface area (Å²) in [5, 5.41) is 8.67. The number of benzene rings is 3. The van der Waals surface area contributed by atoms with Crippen LogP contribution in [0.25, 0.3) is 0 Å². The van der Waals surface area contributed by atoms with Gasteiger partial charge in [0.1, 0.15) is 18.4 Å². The molecule has 1 aliphatic rings. The normalized spacial score (nSPS) is 14.6. The molecule has 1 unspecified atom stereocenters. The van der Waals surface area contributed by atoms with Gasteiger partial charge in [0, 0.05) is 15.9 Å². The third-order valence-corrected chi connectivity index (χ3v) is 7.43. The molecule has 9 heteroatoms. The van der Waals surface area contributed by atoms with Gasteiger partial charge in [0.05, 0.1) is 12.2 Å². The van der Waals surface area contributed by atoms with Crippen LogP contribution in [0.4, 0.5) is 5.95 Å². The van der Waals surface area contributed by atoms with E-state index in [2.05, 4.69) is 33.4 Å². The summed E-state index contributed by atoms with van der Waals surface area (Å²) in [6, 6.07) is 25.5. The summed E-state index contributed by atoms with van der Waals surface area (Å²) in [6.07, 6.45) is 0. The molecule has 0 bridgehead atoms. The number of carbonyl (C=O) groups is 1. The second-order valence-electron chi connectivity index (χ2n) is 8.71. The van der Waals surface area contributed by atoms with Crippen molar-refractivity contribution >= 4 is 39.6 Å². The van der Waals surface area contributed by atoms with Crippen molar-refractivity contribution in [2.45, 2.75) is 37.4 Å². The number of ether oxygens (including phenoxy) is 2. The van der Waals surface area contributed by atoms with Crippen LogP contribution in [0.2, 0.25) is 0 Å². The molecule has 0 radical (unpaired) electrons. The molecule has 0 amide bonds. The minimum absolute atomic E-state index is 0.285. The van der Waals surface area contributed by atoms with Gasteiger partial charge in [-0.15, -0.1) is 5.10 Å². The lowest BCUT2D eigenvalue weighted by atomic mass is 9.96. The van der Waals surface area contributed by atoms with Gasteiger partial charge < -0.3 is 14.8 Å². The molecule has 3 aromatic carbocycles. The maximum atomic E-state index is 13.1. The third-order valence-electron chi connectivity index (χ3n) is 6.03. The zero-order chi connectivity index (χ0) is 26.5. The lowest BCUT2D eigenvalue weighted by Gasteiger charge is -2.28. The molecule has 0 aliphatic carbocycles. The zero-order valence-electron chi connectivity index (χ0n) is 21.1. The van der Waals surface area contributed by atoms with Crippen LogP contribution >= 0.6 is 27.7 Å². The molecule has 7 nitrogen and oxygen atoms in total. The molecule has 1 atom stereocenters. The largest absolute Gasteiger partial charge is 0.489 e. The summed E-state index contributed by atoms with van der Waals surface area (Å²) < 4.78 is 14.2. The number of fused-ring (bicyclic) bond motifs is 1. The van der Waals surface area contributed by atoms with E-state index in [9.17, 15) is 4.79 Å². The minimum Gasteiger partial charge on any atom is -0.489 e. The summed E-state index contributed by atoms with van der Waals surface area (Å²) in [4.78, 5) is 17.8. The van der Waals surface area contributed by atoms with Crippen LogP contribution < -0.4 is 10.1 Å². The molecular weight excluding hydrogens is 564 g/mol. The third kappa shape index (κ3) is 5.95. The molecular formula is C29H27BrN4O3S. The Labute approximate surface area is 234 Å². The SMILES string of the molecule is CCOC(=O)C1=C(C)Nc2nc(SCc3ccccc3)nn2C1c1ccc(OCc2cccc(Br)c2)cc1. The van der Waals surface area contributed by atoms with Crippen LogP contribution in [0, 0.1) is 0 Å². The monoisotopic (exact) mass is 590 g/mol. The van der Waals surface area contributed by atoms with E-state index in [0.29, 0.717) is 29.0 Å². The first-order valence-corrected chi connectivity index (χ1v) is 14.0. The van der Waals surface area contributed by atoms with Crippen molar-refractivity contribution < 1.29 is 14.3 Å². The predicted molar refractivity (Wildman–Crippen MR) is 152 cm³/mol. The highest BCUT2D eigenvalue weighted by Gasteiger charge is 2.35. The first-order chi connectivity index (χ1) is 18.5. The first kappa shape index (κ1) is 26.1. The highest BCUT2D eigenvalue weighted by Crippen LogP contribution is 2.37. The standard InChI is InChI=1S/C29H27BrN4O3S/c1-3-36-27(35)25-19(2)31-28-32-29(38-18-20-8-5-4-6-9-20)33-34(28)26(25)22-12-14-24(15-13-22)37-17-21-10-7-11-23(30)16-21/h4-16,26H,3,17-18H2,1-2H3,(H,31,32,33). The van der Waals surface area contributed by atoms with Gasteiger partial charge in [0.15, 0.2) is 0 Å². The number of hydrogen-bond donors (Lipinski definition) is 1. The van der Waals surface area contributed by atoms with Crippen LogP contribution in [-0.2, 0) is 21.9 Å². The molecule has 4 aromatic rings. The van der Waals surface area contributed by atoms with E-state index < -0.39 is 6.04 Å². The Morgan fingerprint density at radius 2 is 1.82 bits per heavy atom. The second-order valence-corrected chi connectivity index (χ2v) is 10.6. The molecule has 38 heavy (non-hydrogen) atoms. The fourth-order valence-corrected chi connectivity index (χ4v) is 5.47. The van der Waals surface area contributed by atoms with E-state index in [1.54, 1.807) is 23.4 Å². The van der Waals surface area contributed by atoms with Gasteiger partial charge >= 0.3 is 5.97 Å². The van der Waals surface area contributed by atoms with Gasteiger partial charge in [-0.05, 0) is 54.8 Å². The van der Waals surface area contributed by atoms with E-state index >= 15 is 0 Å². The summed E-state index contributed by atoms with van der Waals surface area (Å²) in [5.74, 6) is 1.69. The minimum atomic E-state index is -0.483. The topological polar surface area (TPSA) is 78.3 Å². The number of carbonyl (C=O) groups excluding carboxylic acids is 1. The number of allylic oxidation sites excluding steroid dienone is 1. The summed E-state index contributed by atoms with van der Waals surface area (Å²) in [7, 11) is 0. The highest BCUT2D eigenvalue weighted by atomic mass is 79.9. The Morgan fingerprint density at radius 3 is 2.55 bits per heavy atom. The number of anilines is 1. The number of hydrogen-bond acceptors (Lipinski definition) is 7. The number of halogens is 1. The van der Waals surface area contributed by atoms with Crippen molar-refractivity contribution in [3.63, 3.8) is 0 Å². The number of rotatable bonds is 9. The highest BCUT2D eigenvalue weighted by molar-refractivity contribution is 9.10. The van der Waals surface area contributed by atoms with Crippen molar-refractivity contribution in [3.8, 4) is 5.75 Å². The number of thioether (sulfide) groups is 1. The summed E-state index contributed by atoms with van der Waals surface area (Å²) in [6.45, 7) is 4.40. The number of aromatic nitrogens is 3. The van der Waals surface area contributed by atoms with Gasteiger partial charge in [-0.3, -0.25) is 0 Å². The van der Waals surface area contributed by atoms with Gasteiger partial charge in [0.2, 0.25) is 11.1 Å². The van der Waals surface area contributed by atoms with E-state index in [1.807, 2.05) is 73.7 Å². The lowest BCUT2D eigenvalue weighted by Crippen LogP contribution is -2.29. The molecule has 0 spiro atoms. The fourth-order valence-electron chi connectivity index (χ4n) is 4.24. The van der Waals surface area contributed by atoms with Crippen LogP contribution in [-0.4, -0.2) is 27.3 Å². The quantitative estimate of drug-likeness (QED) is 0.170. The predicted octanol–water partition coefficient (Wildman–Crippen LogP) is 6.76. The Balaban J connectivity index is 1.41. The van der Waals surface area contributed by atoms with Crippen LogP contribution in [0.5, 0.6) is 5.75 Å². The average molecular weight is 592 g/mol. The Bertz CT molecular complexity index is 1450. The maximum Gasteiger partial charge on any atom is 0.338 e. The van der Waals surface area contributed by atoms with E-state index in [0.717, 1.165) is 27.1 Å².